The van der Waals surface area contributed by atoms with E-state index in [1.165, 1.54) is 7.11 Å². The van der Waals surface area contributed by atoms with Crippen LogP contribution in [0.25, 0.3) is 0 Å². The van der Waals surface area contributed by atoms with Gasteiger partial charge in [-0.3, -0.25) is 4.79 Å². The van der Waals surface area contributed by atoms with Crippen LogP contribution in [0.3, 0.4) is 0 Å². The number of nitrogens with zero attached hydrogens (tertiary/aromatic N) is 1. The number of nitrogens with one attached hydrogen (secondary N) is 1. The number of carboxylic acids is 1. The van der Waals surface area contributed by atoms with Crippen LogP contribution in [0.1, 0.15) is 17.7 Å². The van der Waals surface area contributed by atoms with Crippen LogP contribution in [-0.4, -0.2) is 35.3 Å². The molecule has 1 aromatic heterocycles. The molecule has 1 atom stereocenters. The lowest BCUT2D eigenvalue weighted by molar-refractivity contribution is -0.141. The fraction of sp³-hybridized carbons (Fsp3) is 0.312. The largest absolute Gasteiger partial charge is 0.480 e. The maximum Gasteiger partial charge on any atom is 0.326 e. The zero-order valence-electron chi connectivity index (χ0n) is 12.7. The first-order valence-corrected chi connectivity index (χ1v) is 7.14. The van der Waals surface area contributed by atoms with E-state index < -0.39 is 12.0 Å². The highest BCUT2D eigenvalue weighted by atomic mass is 16.5. The molecule has 122 valence electrons. The molecule has 1 heterocycles. The number of ether oxygens (including phenoxy) is 1. The van der Waals surface area contributed by atoms with Crippen molar-refractivity contribution >= 4 is 11.9 Å². The molecule has 0 aliphatic heterocycles. The molecule has 0 bridgehead atoms. The van der Waals surface area contributed by atoms with Crippen LogP contribution in [0, 0.1) is 0 Å². The summed E-state index contributed by atoms with van der Waals surface area (Å²) in [7, 11) is 1.47. The van der Waals surface area contributed by atoms with Crippen molar-refractivity contribution in [2.75, 3.05) is 7.11 Å². The minimum Gasteiger partial charge on any atom is -0.480 e. The highest BCUT2D eigenvalue weighted by Crippen LogP contribution is 2.12. The Morgan fingerprint density at radius 2 is 2.09 bits per heavy atom. The second-order valence-electron chi connectivity index (χ2n) is 4.98. The molecule has 1 amide bonds. The van der Waals surface area contributed by atoms with Gasteiger partial charge in [-0.2, -0.15) is 0 Å². The SMILES string of the molecule is COc1cc(CCC(=O)N[C@H](Cc2ccccc2)C(=O)O)on1. The quantitative estimate of drug-likeness (QED) is 0.763. The van der Waals surface area contributed by atoms with Gasteiger partial charge in [0.05, 0.1) is 7.11 Å². The number of aromatic nitrogens is 1. The van der Waals surface area contributed by atoms with Crippen LogP contribution in [-0.2, 0) is 22.4 Å². The van der Waals surface area contributed by atoms with E-state index in [0.29, 0.717) is 18.1 Å². The van der Waals surface area contributed by atoms with Gasteiger partial charge in [-0.25, -0.2) is 4.79 Å². The smallest absolute Gasteiger partial charge is 0.326 e. The normalized spacial score (nSPS) is 11.7. The average Bonchev–Trinajstić information content (AvgIpc) is 3.01. The second-order valence-corrected chi connectivity index (χ2v) is 4.98. The van der Waals surface area contributed by atoms with Crippen molar-refractivity contribution in [3.63, 3.8) is 0 Å². The van der Waals surface area contributed by atoms with E-state index in [0.717, 1.165) is 5.56 Å². The monoisotopic (exact) mass is 318 g/mol. The molecule has 7 heteroatoms. The Labute approximate surface area is 133 Å². The van der Waals surface area contributed by atoms with Gasteiger partial charge in [0.15, 0.2) is 0 Å². The highest BCUT2D eigenvalue weighted by Gasteiger charge is 2.20. The van der Waals surface area contributed by atoms with Gasteiger partial charge in [0.2, 0.25) is 5.91 Å². The summed E-state index contributed by atoms with van der Waals surface area (Å²) in [5, 5.41) is 15.4. The molecule has 0 saturated heterocycles. The molecule has 7 nitrogen and oxygen atoms in total. The summed E-state index contributed by atoms with van der Waals surface area (Å²) in [5.41, 5.74) is 0.847. The summed E-state index contributed by atoms with van der Waals surface area (Å²) in [6, 6.07) is 9.77. The topological polar surface area (TPSA) is 102 Å². The third-order valence-electron chi connectivity index (χ3n) is 3.26. The van der Waals surface area contributed by atoms with Crippen molar-refractivity contribution in [2.45, 2.75) is 25.3 Å². The first-order chi connectivity index (χ1) is 11.1. The molecule has 2 aromatic rings. The number of methoxy groups -OCH3 is 1. The Balaban J connectivity index is 1.86. The molecule has 0 aliphatic rings. The van der Waals surface area contributed by atoms with E-state index in [9.17, 15) is 14.7 Å². The fourth-order valence-corrected chi connectivity index (χ4v) is 2.06. The highest BCUT2D eigenvalue weighted by molar-refractivity contribution is 5.83. The van der Waals surface area contributed by atoms with Crippen LogP contribution in [0.4, 0.5) is 0 Å². The minimum atomic E-state index is -1.07. The second kappa shape index (κ2) is 7.98. The molecule has 0 unspecified atom stereocenters. The molecular formula is C16H18N2O5. The van der Waals surface area contributed by atoms with E-state index in [1.54, 1.807) is 6.07 Å². The van der Waals surface area contributed by atoms with Gasteiger partial charge in [0.1, 0.15) is 11.8 Å². The number of hydrogen-bond acceptors (Lipinski definition) is 5. The van der Waals surface area contributed by atoms with E-state index in [-0.39, 0.29) is 18.7 Å². The van der Waals surface area contributed by atoms with Crippen LogP contribution < -0.4 is 10.1 Å². The molecule has 2 rings (SSSR count). The molecule has 0 spiro atoms. The van der Waals surface area contributed by atoms with Gasteiger partial charge in [0.25, 0.3) is 5.88 Å². The van der Waals surface area contributed by atoms with E-state index >= 15 is 0 Å². The summed E-state index contributed by atoms with van der Waals surface area (Å²) in [6.07, 6.45) is 0.662. The molecular weight excluding hydrogens is 300 g/mol. The summed E-state index contributed by atoms with van der Waals surface area (Å²) < 4.78 is 9.86. The summed E-state index contributed by atoms with van der Waals surface area (Å²) in [5.74, 6) is -0.577. The Bertz CT molecular complexity index is 654. The van der Waals surface area contributed by atoms with Crippen LogP contribution in [0.15, 0.2) is 40.9 Å². The van der Waals surface area contributed by atoms with Crippen molar-refractivity contribution in [1.82, 2.24) is 10.5 Å². The number of carbonyl (C=O) groups is 2. The number of rotatable bonds is 8. The first-order valence-electron chi connectivity index (χ1n) is 7.14. The third-order valence-corrected chi connectivity index (χ3v) is 3.26. The lowest BCUT2D eigenvalue weighted by atomic mass is 10.1. The third kappa shape index (κ3) is 5.14. The zero-order chi connectivity index (χ0) is 16.7. The van der Waals surface area contributed by atoms with Crippen molar-refractivity contribution in [3.8, 4) is 5.88 Å². The van der Waals surface area contributed by atoms with E-state index in [2.05, 4.69) is 10.5 Å². The maximum absolute atomic E-state index is 11.9. The lowest BCUT2D eigenvalue weighted by Crippen LogP contribution is -2.42. The summed E-state index contributed by atoms with van der Waals surface area (Å²) >= 11 is 0. The lowest BCUT2D eigenvalue weighted by Gasteiger charge is -2.14. The first kappa shape index (κ1) is 16.5. The summed E-state index contributed by atoms with van der Waals surface area (Å²) in [6.45, 7) is 0. The number of carbonyl (C=O) groups excluding carboxylic acids is 1. The predicted molar refractivity (Wildman–Crippen MR) is 81.1 cm³/mol. The van der Waals surface area contributed by atoms with Crippen molar-refractivity contribution in [2.24, 2.45) is 0 Å². The van der Waals surface area contributed by atoms with Gasteiger partial charge in [-0.1, -0.05) is 30.3 Å². The number of carboxylic acid groups (broad SMARTS) is 1. The number of aryl methyl sites for hydroxylation is 1. The number of amides is 1. The molecule has 0 aliphatic carbocycles. The van der Waals surface area contributed by atoms with Gasteiger partial charge in [0, 0.05) is 25.3 Å². The van der Waals surface area contributed by atoms with Crippen LogP contribution in [0.2, 0.25) is 0 Å². The van der Waals surface area contributed by atoms with Crippen molar-refractivity contribution in [3.05, 3.63) is 47.7 Å². The van der Waals surface area contributed by atoms with Gasteiger partial charge in [-0.15, -0.1) is 0 Å². The maximum atomic E-state index is 11.9. The van der Waals surface area contributed by atoms with Gasteiger partial charge >= 0.3 is 5.97 Å². The van der Waals surface area contributed by atoms with E-state index in [4.69, 9.17) is 9.26 Å². The number of hydrogen-bond donors (Lipinski definition) is 2. The molecule has 0 radical (unpaired) electrons. The molecule has 0 saturated carbocycles. The predicted octanol–water partition coefficient (Wildman–Crippen LogP) is 1.43. The zero-order valence-corrected chi connectivity index (χ0v) is 12.7. The Morgan fingerprint density at radius 1 is 1.35 bits per heavy atom. The summed E-state index contributed by atoms with van der Waals surface area (Å²) in [4.78, 5) is 23.2. The number of aliphatic carboxylic acids is 1. The Kier molecular flexibility index (Phi) is 5.74. The Morgan fingerprint density at radius 3 is 2.70 bits per heavy atom. The van der Waals surface area contributed by atoms with Crippen LogP contribution >= 0.6 is 0 Å². The molecule has 1 aromatic carbocycles. The fourth-order valence-electron chi connectivity index (χ4n) is 2.06. The minimum absolute atomic E-state index is 0.108. The standard InChI is InChI=1S/C16H18N2O5/c1-22-15-10-12(23-18-15)7-8-14(19)17-13(16(20)21)9-11-5-3-2-4-6-11/h2-6,10,13H,7-9H2,1H3,(H,17,19)(H,20,21)/t13-/m1/s1. The van der Waals surface area contributed by atoms with Crippen molar-refractivity contribution < 1.29 is 24.0 Å². The molecule has 23 heavy (non-hydrogen) atoms. The van der Waals surface area contributed by atoms with E-state index in [1.807, 2.05) is 30.3 Å². The molecule has 2 N–H and O–H groups in total. The van der Waals surface area contributed by atoms with Crippen LogP contribution in [0.5, 0.6) is 5.88 Å². The Hall–Kier alpha value is -2.83. The van der Waals surface area contributed by atoms with Gasteiger partial charge in [-0.05, 0) is 10.7 Å². The number of benzene rings is 1. The van der Waals surface area contributed by atoms with Gasteiger partial charge < -0.3 is 19.7 Å². The molecule has 0 fully saturated rings. The average molecular weight is 318 g/mol. The van der Waals surface area contributed by atoms with Crippen molar-refractivity contribution in [1.29, 1.82) is 0 Å².